The molecule has 0 bridgehead atoms. The summed E-state index contributed by atoms with van der Waals surface area (Å²) < 4.78 is 25.0. The second-order valence-electron chi connectivity index (χ2n) is 5.31. The number of benzene rings is 1. The molecule has 0 saturated carbocycles. The summed E-state index contributed by atoms with van der Waals surface area (Å²) in [6.07, 6.45) is 1.29. The average Bonchev–Trinajstić information content (AvgIpc) is 2.58. The van der Waals surface area contributed by atoms with Crippen molar-refractivity contribution in [1.29, 1.82) is 0 Å². The largest absolute Gasteiger partial charge is 0.351 e. The average molecular weight is 400 g/mol. The van der Waals surface area contributed by atoms with Crippen molar-refractivity contribution in [3.05, 3.63) is 53.2 Å². The minimum Gasteiger partial charge on any atom is -0.351 e. The normalized spacial score (nSPS) is 11.5. The van der Waals surface area contributed by atoms with Gasteiger partial charge in [-0.3, -0.25) is 4.79 Å². The van der Waals surface area contributed by atoms with Gasteiger partial charge < -0.3 is 5.32 Å². The highest BCUT2D eigenvalue weighted by atomic mass is 35.5. The van der Waals surface area contributed by atoms with Gasteiger partial charge in [-0.15, -0.1) is 0 Å². The van der Waals surface area contributed by atoms with Crippen LogP contribution >= 0.6 is 23.4 Å². The van der Waals surface area contributed by atoms with Gasteiger partial charge in [0.1, 0.15) is 4.90 Å². The monoisotopic (exact) mass is 399 g/mol. The summed E-state index contributed by atoms with van der Waals surface area (Å²) in [7, 11) is -0.575. The lowest BCUT2D eigenvalue weighted by molar-refractivity contribution is -0.118. The van der Waals surface area contributed by atoms with Crippen molar-refractivity contribution in [2.24, 2.45) is 0 Å². The molecule has 0 aliphatic carbocycles. The summed E-state index contributed by atoms with van der Waals surface area (Å²) >= 11 is 7.13. The van der Waals surface area contributed by atoms with Crippen LogP contribution in [0.1, 0.15) is 5.56 Å². The van der Waals surface area contributed by atoms with Crippen molar-refractivity contribution >= 4 is 39.3 Å². The Morgan fingerprint density at radius 2 is 2.04 bits per heavy atom. The first-order chi connectivity index (χ1) is 11.8. The number of halogens is 1. The smallest absolute Gasteiger partial charge is 0.244 e. The minimum absolute atomic E-state index is 0.118. The Balaban J connectivity index is 1.85. The molecule has 1 aromatic carbocycles. The number of aromatic nitrogens is 1. The molecule has 1 aromatic heterocycles. The summed E-state index contributed by atoms with van der Waals surface area (Å²) in [5.41, 5.74) is 0.919. The van der Waals surface area contributed by atoms with Crippen molar-refractivity contribution in [3.63, 3.8) is 0 Å². The van der Waals surface area contributed by atoms with E-state index >= 15 is 0 Å². The molecule has 0 spiro atoms. The number of thioether (sulfide) groups is 1. The van der Waals surface area contributed by atoms with E-state index < -0.39 is 10.0 Å². The molecule has 2 aromatic rings. The number of carbonyl (C=O) groups is 1. The van der Waals surface area contributed by atoms with E-state index in [0.717, 1.165) is 9.87 Å². The Bertz CT molecular complexity index is 840. The molecule has 0 fully saturated rings. The third-order valence-corrected chi connectivity index (χ3v) is 6.20. The molecule has 6 nitrogen and oxygen atoms in total. The molecule has 1 heterocycles. The minimum atomic E-state index is -3.50. The maximum atomic E-state index is 12.0. The number of sulfonamides is 1. The fourth-order valence-corrected chi connectivity index (χ4v) is 3.59. The quantitative estimate of drug-likeness (QED) is 0.723. The van der Waals surface area contributed by atoms with Gasteiger partial charge in [0.25, 0.3) is 0 Å². The second kappa shape index (κ2) is 8.66. The van der Waals surface area contributed by atoms with Gasteiger partial charge in [-0.25, -0.2) is 17.7 Å². The summed E-state index contributed by atoms with van der Waals surface area (Å²) in [4.78, 5) is 16.1. The van der Waals surface area contributed by atoms with E-state index in [0.29, 0.717) is 16.6 Å². The number of pyridine rings is 1. The Morgan fingerprint density at radius 3 is 2.64 bits per heavy atom. The van der Waals surface area contributed by atoms with Gasteiger partial charge in [0, 0.05) is 31.9 Å². The van der Waals surface area contributed by atoms with Gasteiger partial charge in [0.2, 0.25) is 15.9 Å². The second-order valence-corrected chi connectivity index (χ2v) is 8.90. The van der Waals surface area contributed by atoms with Crippen LogP contribution in [-0.4, -0.2) is 43.5 Å². The number of rotatable bonds is 7. The Hall–Kier alpha value is -1.61. The van der Waals surface area contributed by atoms with Crippen LogP contribution in [-0.2, 0) is 21.4 Å². The lowest BCUT2D eigenvalue weighted by Crippen LogP contribution is -2.24. The zero-order chi connectivity index (χ0) is 18.4. The van der Waals surface area contributed by atoms with Crippen molar-refractivity contribution in [2.45, 2.75) is 16.5 Å². The van der Waals surface area contributed by atoms with Crippen molar-refractivity contribution < 1.29 is 13.2 Å². The Kier molecular flexibility index (Phi) is 6.83. The van der Waals surface area contributed by atoms with Gasteiger partial charge in [-0.2, -0.15) is 0 Å². The van der Waals surface area contributed by atoms with Crippen LogP contribution in [0, 0.1) is 0 Å². The van der Waals surface area contributed by atoms with E-state index in [4.69, 9.17) is 11.6 Å². The zero-order valence-corrected chi connectivity index (χ0v) is 16.2. The maximum absolute atomic E-state index is 12.0. The Labute approximate surface area is 156 Å². The predicted octanol–water partition coefficient (Wildman–Crippen LogP) is 2.39. The summed E-state index contributed by atoms with van der Waals surface area (Å²) in [6, 6.07) is 10.3. The molecule has 2 rings (SSSR count). The van der Waals surface area contributed by atoms with E-state index in [-0.39, 0.29) is 16.6 Å². The van der Waals surface area contributed by atoms with Crippen molar-refractivity contribution in [3.8, 4) is 0 Å². The highest BCUT2D eigenvalue weighted by Crippen LogP contribution is 2.18. The molecule has 0 aliphatic rings. The van der Waals surface area contributed by atoms with Gasteiger partial charge in [-0.05, 0) is 29.8 Å². The van der Waals surface area contributed by atoms with Crippen LogP contribution in [0.5, 0.6) is 0 Å². The van der Waals surface area contributed by atoms with Gasteiger partial charge in [-0.1, -0.05) is 35.5 Å². The van der Waals surface area contributed by atoms with Crippen LogP contribution in [0.3, 0.4) is 0 Å². The lowest BCUT2D eigenvalue weighted by atomic mass is 10.2. The number of hydrogen-bond donors (Lipinski definition) is 1. The van der Waals surface area contributed by atoms with E-state index in [1.54, 1.807) is 18.2 Å². The number of nitrogens with zero attached hydrogens (tertiary/aromatic N) is 2. The highest BCUT2D eigenvalue weighted by molar-refractivity contribution is 7.99. The first-order valence-corrected chi connectivity index (χ1v) is 10.1. The molecule has 0 atom stereocenters. The van der Waals surface area contributed by atoms with Crippen LogP contribution in [0.4, 0.5) is 0 Å². The van der Waals surface area contributed by atoms with E-state index in [9.17, 15) is 13.2 Å². The summed E-state index contributed by atoms with van der Waals surface area (Å²) in [5.74, 6) is 0.0460. The molecule has 9 heteroatoms. The number of hydrogen-bond acceptors (Lipinski definition) is 5. The van der Waals surface area contributed by atoms with Crippen molar-refractivity contribution in [2.75, 3.05) is 19.8 Å². The standard InChI is InChI=1S/C16H18ClN3O3S2/c1-20(2)25(22,23)14-6-7-16(19-10-14)24-11-15(21)18-9-12-4-3-5-13(17)8-12/h3-8,10H,9,11H2,1-2H3,(H,18,21). The molecule has 0 saturated heterocycles. The van der Waals surface area contributed by atoms with E-state index in [2.05, 4.69) is 10.3 Å². The summed E-state index contributed by atoms with van der Waals surface area (Å²) in [5, 5.41) is 4.00. The van der Waals surface area contributed by atoms with E-state index in [1.165, 1.54) is 38.1 Å². The van der Waals surface area contributed by atoms with Gasteiger partial charge >= 0.3 is 0 Å². The van der Waals surface area contributed by atoms with Crippen LogP contribution < -0.4 is 5.32 Å². The summed E-state index contributed by atoms with van der Waals surface area (Å²) in [6.45, 7) is 0.396. The molecular formula is C16H18ClN3O3S2. The third-order valence-electron chi connectivity index (χ3n) is 3.22. The fraction of sp³-hybridized carbons (Fsp3) is 0.250. The van der Waals surface area contributed by atoms with Gasteiger partial charge in [0.15, 0.2) is 0 Å². The number of nitrogens with one attached hydrogen (secondary N) is 1. The number of amides is 1. The first kappa shape index (κ1) is 19.7. The molecule has 0 aliphatic heterocycles. The van der Waals surface area contributed by atoms with Crippen LogP contribution in [0.2, 0.25) is 5.02 Å². The highest BCUT2D eigenvalue weighted by Gasteiger charge is 2.17. The molecule has 0 unspecified atom stereocenters. The van der Waals surface area contributed by atoms with Crippen LogP contribution in [0.25, 0.3) is 0 Å². The zero-order valence-electron chi connectivity index (χ0n) is 13.8. The van der Waals surface area contributed by atoms with E-state index in [1.807, 2.05) is 12.1 Å². The molecule has 1 amide bonds. The third kappa shape index (κ3) is 5.71. The Morgan fingerprint density at radius 1 is 1.28 bits per heavy atom. The molecular weight excluding hydrogens is 382 g/mol. The molecule has 1 N–H and O–H groups in total. The first-order valence-electron chi connectivity index (χ1n) is 7.31. The lowest BCUT2D eigenvalue weighted by Gasteiger charge is -2.11. The fourth-order valence-electron chi connectivity index (χ4n) is 1.85. The SMILES string of the molecule is CN(C)S(=O)(=O)c1ccc(SCC(=O)NCc2cccc(Cl)c2)nc1. The number of carbonyl (C=O) groups excluding carboxylic acids is 1. The molecule has 25 heavy (non-hydrogen) atoms. The molecule has 0 radical (unpaired) electrons. The molecule has 134 valence electrons. The predicted molar refractivity (Wildman–Crippen MR) is 99.1 cm³/mol. The van der Waals surface area contributed by atoms with Crippen molar-refractivity contribution in [1.82, 2.24) is 14.6 Å². The topological polar surface area (TPSA) is 79.4 Å². The van der Waals surface area contributed by atoms with Gasteiger partial charge in [0.05, 0.1) is 10.8 Å². The maximum Gasteiger partial charge on any atom is 0.244 e. The van der Waals surface area contributed by atoms with Crippen LogP contribution in [0.15, 0.2) is 52.5 Å².